The summed E-state index contributed by atoms with van der Waals surface area (Å²) in [5, 5.41) is 7.11. The number of amides is 2. The zero-order chi connectivity index (χ0) is 23.3. The van der Waals surface area contributed by atoms with E-state index in [4.69, 9.17) is 0 Å². The molecule has 0 spiro atoms. The number of benzene rings is 3. The number of aromatic nitrogens is 1. The minimum absolute atomic E-state index is 0.126. The third-order valence-electron chi connectivity index (χ3n) is 6.60. The molecule has 4 aromatic rings. The summed E-state index contributed by atoms with van der Waals surface area (Å²) in [5.74, 6) is 0.142. The molecule has 0 aliphatic heterocycles. The summed E-state index contributed by atoms with van der Waals surface area (Å²) in [4.78, 5) is 28.5. The molecule has 1 aliphatic carbocycles. The average molecular weight is 452 g/mol. The number of carbonyl (C=O) groups excluding carboxylic acids is 2. The predicted octanol–water partition coefficient (Wildman–Crippen LogP) is 7.00. The van der Waals surface area contributed by atoms with Crippen molar-refractivity contribution in [3.63, 3.8) is 0 Å². The summed E-state index contributed by atoms with van der Waals surface area (Å²) in [6.45, 7) is 0. The standard InChI is InChI=1S/C29H29N3O2/c33-28(21-10-6-3-7-11-21)30-24-14-12-20(13-15-24)27-19-23-18-25(16-17-26(23)32-27)31-29(34)22-8-4-1-2-5-9-22/h3,6-7,10-19,22,32H,1-2,4-5,8-9H2,(H,30,33)(H,31,34). The Kier molecular flexibility index (Phi) is 6.43. The zero-order valence-electron chi connectivity index (χ0n) is 19.1. The van der Waals surface area contributed by atoms with Crippen molar-refractivity contribution in [2.45, 2.75) is 38.5 Å². The van der Waals surface area contributed by atoms with Crippen molar-refractivity contribution in [1.29, 1.82) is 0 Å². The van der Waals surface area contributed by atoms with Crippen molar-refractivity contribution >= 4 is 34.1 Å². The molecule has 1 fully saturated rings. The quantitative estimate of drug-likeness (QED) is 0.286. The molecule has 0 bridgehead atoms. The summed E-state index contributed by atoms with van der Waals surface area (Å²) in [6, 6.07) is 25.0. The van der Waals surface area contributed by atoms with Crippen LogP contribution in [-0.2, 0) is 4.79 Å². The molecular formula is C29H29N3O2. The van der Waals surface area contributed by atoms with E-state index in [1.54, 1.807) is 12.1 Å². The fourth-order valence-electron chi connectivity index (χ4n) is 4.68. The molecule has 5 rings (SSSR count). The first-order valence-electron chi connectivity index (χ1n) is 12.1. The molecule has 0 unspecified atom stereocenters. The predicted molar refractivity (Wildman–Crippen MR) is 138 cm³/mol. The van der Waals surface area contributed by atoms with Gasteiger partial charge in [0.15, 0.2) is 0 Å². The Morgan fingerprint density at radius 1 is 0.735 bits per heavy atom. The molecule has 172 valence electrons. The molecule has 0 saturated heterocycles. The molecule has 1 aromatic heterocycles. The van der Waals surface area contributed by atoms with E-state index < -0.39 is 0 Å². The Hall–Kier alpha value is -3.86. The van der Waals surface area contributed by atoms with E-state index in [1.807, 2.05) is 60.7 Å². The fourth-order valence-corrected chi connectivity index (χ4v) is 4.68. The molecule has 3 N–H and O–H groups in total. The molecule has 0 radical (unpaired) electrons. The summed E-state index contributed by atoms with van der Waals surface area (Å²) in [5.41, 5.74) is 5.25. The lowest BCUT2D eigenvalue weighted by Gasteiger charge is -2.14. The normalized spacial score (nSPS) is 14.5. The number of nitrogens with one attached hydrogen (secondary N) is 3. The monoisotopic (exact) mass is 451 g/mol. The van der Waals surface area contributed by atoms with Gasteiger partial charge in [-0.15, -0.1) is 0 Å². The number of carbonyl (C=O) groups is 2. The maximum Gasteiger partial charge on any atom is 0.255 e. The van der Waals surface area contributed by atoms with Crippen LogP contribution in [0.15, 0.2) is 78.9 Å². The van der Waals surface area contributed by atoms with Gasteiger partial charge in [-0.05, 0) is 66.9 Å². The Bertz CT molecular complexity index is 1280. The van der Waals surface area contributed by atoms with Gasteiger partial charge in [0.1, 0.15) is 0 Å². The first kappa shape index (κ1) is 22.0. The van der Waals surface area contributed by atoms with Crippen LogP contribution >= 0.6 is 0 Å². The van der Waals surface area contributed by atoms with Gasteiger partial charge in [-0.1, -0.05) is 56.0 Å². The van der Waals surface area contributed by atoms with Gasteiger partial charge in [0, 0.05) is 39.5 Å². The average Bonchev–Trinajstić information content (AvgIpc) is 3.09. The first-order chi connectivity index (χ1) is 16.7. The summed E-state index contributed by atoms with van der Waals surface area (Å²) < 4.78 is 0. The molecule has 1 heterocycles. The number of rotatable bonds is 5. The minimum atomic E-state index is -0.127. The van der Waals surface area contributed by atoms with Gasteiger partial charge in [-0.2, -0.15) is 0 Å². The van der Waals surface area contributed by atoms with Crippen molar-refractivity contribution < 1.29 is 9.59 Å². The SMILES string of the molecule is O=C(Nc1ccc(-c2cc3cc(NC(=O)C4CCCCCC4)ccc3[nH]2)cc1)c1ccccc1. The van der Waals surface area contributed by atoms with Crippen LogP contribution in [0.5, 0.6) is 0 Å². The van der Waals surface area contributed by atoms with Gasteiger partial charge >= 0.3 is 0 Å². The van der Waals surface area contributed by atoms with Crippen LogP contribution in [-0.4, -0.2) is 16.8 Å². The first-order valence-corrected chi connectivity index (χ1v) is 12.1. The van der Waals surface area contributed by atoms with E-state index in [0.29, 0.717) is 5.56 Å². The minimum Gasteiger partial charge on any atom is -0.355 e. The number of hydrogen-bond acceptors (Lipinski definition) is 2. The van der Waals surface area contributed by atoms with Crippen LogP contribution in [0.25, 0.3) is 22.2 Å². The molecule has 1 aliphatic rings. The zero-order valence-corrected chi connectivity index (χ0v) is 19.1. The number of anilines is 2. The Labute approximate surface area is 199 Å². The second-order valence-corrected chi connectivity index (χ2v) is 9.06. The van der Waals surface area contributed by atoms with Gasteiger partial charge in [0.05, 0.1) is 0 Å². The highest BCUT2D eigenvalue weighted by atomic mass is 16.2. The Morgan fingerprint density at radius 2 is 1.44 bits per heavy atom. The van der Waals surface area contributed by atoms with Crippen molar-refractivity contribution in [3.8, 4) is 11.3 Å². The third-order valence-corrected chi connectivity index (χ3v) is 6.60. The van der Waals surface area contributed by atoms with Crippen LogP contribution in [0.3, 0.4) is 0 Å². The van der Waals surface area contributed by atoms with Crippen LogP contribution < -0.4 is 10.6 Å². The molecule has 1 saturated carbocycles. The summed E-state index contributed by atoms with van der Waals surface area (Å²) in [7, 11) is 0. The maximum absolute atomic E-state index is 12.7. The molecule has 5 nitrogen and oxygen atoms in total. The van der Waals surface area contributed by atoms with Crippen molar-refractivity contribution in [1.82, 2.24) is 4.98 Å². The highest BCUT2D eigenvalue weighted by Gasteiger charge is 2.20. The van der Waals surface area contributed by atoms with Gasteiger partial charge in [0.25, 0.3) is 5.91 Å². The van der Waals surface area contributed by atoms with Crippen molar-refractivity contribution in [2.24, 2.45) is 5.92 Å². The molecule has 34 heavy (non-hydrogen) atoms. The lowest BCUT2D eigenvalue weighted by Crippen LogP contribution is -2.22. The highest BCUT2D eigenvalue weighted by molar-refractivity contribution is 6.04. The van der Waals surface area contributed by atoms with Gasteiger partial charge in [0.2, 0.25) is 5.91 Å². The van der Waals surface area contributed by atoms with Crippen LogP contribution in [0, 0.1) is 5.92 Å². The van der Waals surface area contributed by atoms with Gasteiger partial charge < -0.3 is 15.6 Å². The fraction of sp³-hybridized carbons (Fsp3) is 0.241. The molecule has 3 aromatic carbocycles. The second-order valence-electron chi connectivity index (χ2n) is 9.06. The lowest BCUT2D eigenvalue weighted by atomic mass is 9.99. The molecular weight excluding hydrogens is 422 g/mol. The maximum atomic E-state index is 12.7. The largest absolute Gasteiger partial charge is 0.355 e. The van der Waals surface area contributed by atoms with Crippen molar-refractivity contribution in [3.05, 3.63) is 84.4 Å². The van der Waals surface area contributed by atoms with E-state index in [9.17, 15) is 9.59 Å². The summed E-state index contributed by atoms with van der Waals surface area (Å²) in [6.07, 6.45) is 6.75. The third kappa shape index (κ3) is 5.04. The van der Waals surface area contributed by atoms with Crippen LogP contribution in [0.4, 0.5) is 11.4 Å². The van der Waals surface area contributed by atoms with E-state index in [0.717, 1.165) is 59.2 Å². The summed E-state index contributed by atoms with van der Waals surface area (Å²) >= 11 is 0. The van der Waals surface area contributed by atoms with E-state index in [1.165, 1.54) is 12.8 Å². The van der Waals surface area contributed by atoms with Gasteiger partial charge in [-0.25, -0.2) is 0 Å². The molecule has 0 atom stereocenters. The number of H-pyrrole nitrogens is 1. The molecule has 2 amide bonds. The highest BCUT2D eigenvalue weighted by Crippen LogP contribution is 2.29. The second kappa shape index (κ2) is 9.96. The number of aromatic amines is 1. The lowest BCUT2D eigenvalue weighted by molar-refractivity contribution is -0.120. The Balaban J connectivity index is 1.27. The Morgan fingerprint density at radius 3 is 2.18 bits per heavy atom. The number of fused-ring (bicyclic) bond motifs is 1. The topological polar surface area (TPSA) is 74.0 Å². The van der Waals surface area contributed by atoms with Crippen molar-refractivity contribution in [2.75, 3.05) is 10.6 Å². The van der Waals surface area contributed by atoms with Gasteiger partial charge in [-0.3, -0.25) is 9.59 Å². The van der Waals surface area contributed by atoms with Crippen LogP contribution in [0.2, 0.25) is 0 Å². The van der Waals surface area contributed by atoms with E-state index in [2.05, 4.69) is 21.7 Å². The van der Waals surface area contributed by atoms with E-state index >= 15 is 0 Å². The molecule has 5 heteroatoms. The van der Waals surface area contributed by atoms with E-state index in [-0.39, 0.29) is 17.7 Å². The van der Waals surface area contributed by atoms with Crippen LogP contribution in [0.1, 0.15) is 48.9 Å². The smallest absolute Gasteiger partial charge is 0.255 e. The number of hydrogen-bond donors (Lipinski definition) is 3.